The SMILES string of the molecule is CNC(C)C(=O)c1ccc2c(c1)nc(C)n2C(C)C. The molecule has 102 valence electrons. The first kappa shape index (κ1) is 13.7. The lowest BCUT2D eigenvalue weighted by molar-refractivity contribution is 0.0955. The molecule has 2 aromatic rings. The second-order valence-electron chi connectivity index (χ2n) is 5.20. The zero-order chi connectivity index (χ0) is 14.2. The number of ketones is 1. The number of imidazole rings is 1. The second-order valence-corrected chi connectivity index (χ2v) is 5.20. The molecule has 0 saturated heterocycles. The molecule has 1 atom stereocenters. The molecule has 0 fully saturated rings. The highest BCUT2D eigenvalue weighted by Gasteiger charge is 2.16. The molecule has 1 aromatic heterocycles. The molecular weight excluding hydrogens is 238 g/mol. The molecule has 0 aliphatic carbocycles. The lowest BCUT2D eigenvalue weighted by Crippen LogP contribution is -2.30. The van der Waals surface area contributed by atoms with Crippen molar-refractivity contribution in [3.8, 4) is 0 Å². The van der Waals surface area contributed by atoms with Crippen LogP contribution in [0, 0.1) is 6.92 Å². The number of nitrogens with one attached hydrogen (secondary N) is 1. The highest BCUT2D eigenvalue weighted by atomic mass is 16.1. The molecule has 0 spiro atoms. The van der Waals surface area contributed by atoms with E-state index in [1.807, 2.05) is 32.0 Å². The van der Waals surface area contributed by atoms with Crippen molar-refractivity contribution in [2.24, 2.45) is 0 Å². The maximum Gasteiger partial charge on any atom is 0.179 e. The van der Waals surface area contributed by atoms with E-state index in [9.17, 15) is 4.79 Å². The monoisotopic (exact) mass is 259 g/mol. The third-order valence-electron chi connectivity index (χ3n) is 3.49. The summed E-state index contributed by atoms with van der Waals surface area (Å²) >= 11 is 0. The first-order valence-corrected chi connectivity index (χ1v) is 6.65. The number of carbonyl (C=O) groups excluding carboxylic acids is 1. The van der Waals surface area contributed by atoms with Gasteiger partial charge in [0.1, 0.15) is 5.82 Å². The van der Waals surface area contributed by atoms with Gasteiger partial charge in [0.25, 0.3) is 0 Å². The molecule has 1 heterocycles. The average molecular weight is 259 g/mol. The summed E-state index contributed by atoms with van der Waals surface area (Å²) in [5.74, 6) is 1.08. The van der Waals surface area contributed by atoms with E-state index in [0.717, 1.165) is 16.9 Å². The predicted octanol–water partition coefficient (Wildman–Crippen LogP) is 2.72. The average Bonchev–Trinajstić information content (AvgIpc) is 2.71. The van der Waals surface area contributed by atoms with Crippen molar-refractivity contribution >= 4 is 16.8 Å². The van der Waals surface area contributed by atoms with Crippen molar-refractivity contribution in [2.45, 2.75) is 39.8 Å². The zero-order valence-electron chi connectivity index (χ0n) is 12.2. The third kappa shape index (κ3) is 2.40. The number of hydrogen-bond donors (Lipinski definition) is 1. The van der Waals surface area contributed by atoms with Crippen LogP contribution in [0.3, 0.4) is 0 Å². The van der Waals surface area contributed by atoms with Crippen molar-refractivity contribution in [1.29, 1.82) is 0 Å². The van der Waals surface area contributed by atoms with Crippen LogP contribution in [0.15, 0.2) is 18.2 Å². The number of aromatic nitrogens is 2. The quantitative estimate of drug-likeness (QED) is 0.859. The highest BCUT2D eigenvalue weighted by Crippen LogP contribution is 2.22. The van der Waals surface area contributed by atoms with Crippen molar-refractivity contribution in [1.82, 2.24) is 14.9 Å². The number of nitrogens with zero attached hydrogens (tertiary/aromatic N) is 2. The van der Waals surface area contributed by atoms with Gasteiger partial charge in [0, 0.05) is 11.6 Å². The molecule has 4 heteroatoms. The minimum atomic E-state index is -0.175. The van der Waals surface area contributed by atoms with Crippen LogP contribution in [0.2, 0.25) is 0 Å². The Bertz CT molecular complexity index is 613. The Morgan fingerprint density at radius 3 is 2.58 bits per heavy atom. The molecule has 19 heavy (non-hydrogen) atoms. The van der Waals surface area contributed by atoms with Gasteiger partial charge in [-0.2, -0.15) is 0 Å². The van der Waals surface area contributed by atoms with Gasteiger partial charge in [-0.1, -0.05) is 0 Å². The van der Waals surface area contributed by atoms with E-state index in [4.69, 9.17) is 0 Å². The molecule has 0 saturated carbocycles. The number of hydrogen-bond acceptors (Lipinski definition) is 3. The summed E-state index contributed by atoms with van der Waals surface area (Å²) in [5.41, 5.74) is 2.68. The Morgan fingerprint density at radius 1 is 1.32 bits per heavy atom. The van der Waals surface area contributed by atoms with Crippen LogP contribution in [-0.2, 0) is 0 Å². The summed E-state index contributed by atoms with van der Waals surface area (Å²) in [4.78, 5) is 16.7. The van der Waals surface area contributed by atoms with Gasteiger partial charge in [-0.05, 0) is 52.9 Å². The lowest BCUT2D eigenvalue weighted by Gasteiger charge is -2.11. The summed E-state index contributed by atoms with van der Waals surface area (Å²) in [6, 6.07) is 5.95. The predicted molar refractivity (Wildman–Crippen MR) is 77.7 cm³/mol. The minimum absolute atomic E-state index is 0.0983. The third-order valence-corrected chi connectivity index (χ3v) is 3.49. The first-order valence-electron chi connectivity index (χ1n) is 6.65. The fourth-order valence-corrected chi connectivity index (χ4v) is 2.41. The molecule has 0 aliphatic heterocycles. The van der Waals surface area contributed by atoms with Gasteiger partial charge in [-0.25, -0.2) is 4.98 Å². The van der Waals surface area contributed by atoms with Gasteiger partial charge in [0.05, 0.1) is 17.1 Å². The first-order chi connectivity index (χ1) is 8.95. The van der Waals surface area contributed by atoms with E-state index >= 15 is 0 Å². The minimum Gasteiger partial charge on any atom is -0.326 e. The van der Waals surface area contributed by atoms with Crippen molar-refractivity contribution in [3.63, 3.8) is 0 Å². The van der Waals surface area contributed by atoms with E-state index in [1.165, 1.54) is 0 Å². The molecule has 0 amide bonds. The van der Waals surface area contributed by atoms with Gasteiger partial charge in [0.15, 0.2) is 5.78 Å². The van der Waals surface area contributed by atoms with E-state index in [2.05, 4.69) is 28.7 Å². The Kier molecular flexibility index (Phi) is 3.71. The smallest absolute Gasteiger partial charge is 0.179 e. The highest BCUT2D eigenvalue weighted by molar-refractivity contribution is 6.02. The summed E-state index contributed by atoms with van der Waals surface area (Å²) in [5, 5.41) is 2.97. The van der Waals surface area contributed by atoms with E-state index < -0.39 is 0 Å². The fraction of sp³-hybridized carbons (Fsp3) is 0.467. The van der Waals surface area contributed by atoms with Crippen LogP contribution in [0.25, 0.3) is 11.0 Å². The van der Waals surface area contributed by atoms with Crippen molar-refractivity contribution < 1.29 is 4.79 Å². The maximum absolute atomic E-state index is 12.1. The van der Waals surface area contributed by atoms with Crippen LogP contribution in [-0.4, -0.2) is 28.4 Å². The number of fused-ring (bicyclic) bond motifs is 1. The van der Waals surface area contributed by atoms with E-state index in [1.54, 1.807) is 7.05 Å². The molecule has 1 unspecified atom stereocenters. The number of aryl methyl sites for hydroxylation is 1. The van der Waals surface area contributed by atoms with E-state index in [0.29, 0.717) is 11.6 Å². The second kappa shape index (κ2) is 5.13. The fourth-order valence-electron chi connectivity index (χ4n) is 2.41. The normalized spacial score (nSPS) is 13.2. The Morgan fingerprint density at radius 2 is 2.00 bits per heavy atom. The number of benzene rings is 1. The molecule has 0 bridgehead atoms. The summed E-state index contributed by atoms with van der Waals surface area (Å²) in [6.45, 7) is 8.13. The maximum atomic E-state index is 12.1. The summed E-state index contributed by atoms with van der Waals surface area (Å²) < 4.78 is 2.19. The Labute approximate surface area is 113 Å². The number of carbonyl (C=O) groups is 1. The standard InChI is InChI=1S/C15H21N3O/c1-9(2)18-11(4)17-13-8-12(6-7-14(13)18)15(19)10(3)16-5/h6-10,16H,1-5H3. The lowest BCUT2D eigenvalue weighted by atomic mass is 10.0. The zero-order valence-corrected chi connectivity index (χ0v) is 12.2. The van der Waals surface area contributed by atoms with Crippen molar-refractivity contribution in [2.75, 3.05) is 7.05 Å². The van der Waals surface area contributed by atoms with Gasteiger partial charge in [-0.3, -0.25) is 4.79 Å². The molecule has 0 radical (unpaired) electrons. The molecule has 0 aliphatic rings. The van der Waals surface area contributed by atoms with Gasteiger partial charge < -0.3 is 9.88 Å². The topological polar surface area (TPSA) is 46.9 Å². The molecule has 1 N–H and O–H groups in total. The van der Waals surface area contributed by atoms with Crippen LogP contribution in [0.5, 0.6) is 0 Å². The molecule has 4 nitrogen and oxygen atoms in total. The van der Waals surface area contributed by atoms with Crippen LogP contribution < -0.4 is 5.32 Å². The molecular formula is C15H21N3O. The Balaban J connectivity index is 2.51. The van der Waals surface area contributed by atoms with Crippen LogP contribution >= 0.6 is 0 Å². The Hall–Kier alpha value is -1.68. The number of rotatable bonds is 4. The molecule has 1 aromatic carbocycles. The van der Waals surface area contributed by atoms with Gasteiger partial charge in [0.2, 0.25) is 0 Å². The van der Waals surface area contributed by atoms with Gasteiger partial charge in [-0.15, -0.1) is 0 Å². The number of likely N-dealkylation sites (N-methyl/N-ethyl adjacent to an activating group) is 1. The van der Waals surface area contributed by atoms with Gasteiger partial charge >= 0.3 is 0 Å². The summed E-state index contributed by atoms with van der Waals surface area (Å²) in [7, 11) is 1.79. The van der Waals surface area contributed by atoms with Crippen molar-refractivity contribution in [3.05, 3.63) is 29.6 Å². The van der Waals surface area contributed by atoms with E-state index in [-0.39, 0.29) is 11.8 Å². The number of Topliss-reactive ketones (excluding diaryl/α,β-unsaturated/α-hetero) is 1. The summed E-state index contributed by atoms with van der Waals surface area (Å²) in [6.07, 6.45) is 0. The van der Waals surface area contributed by atoms with Crippen LogP contribution in [0.4, 0.5) is 0 Å². The van der Waals surface area contributed by atoms with Crippen LogP contribution in [0.1, 0.15) is 43.0 Å². The largest absolute Gasteiger partial charge is 0.326 e. The molecule has 2 rings (SSSR count).